The number of ether oxygens (including phenoxy) is 1. The number of amides is 1. The molecule has 1 amide bonds. The second kappa shape index (κ2) is 7.62. The number of hydrogen-bond donors (Lipinski definition) is 1. The Kier molecular flexibility index (Phi) is 5.83. The van der Waals surface area contributed by atoms with Gasteiger partial charge in [0.15, 0.2) is 0 Å². The molecule has 2 rings (SSSR count). The smallest absolute Gasteiger partial charge is 0.236 e. The monoisotopic (exact) mass is 296 g/mol. The first-order chi connectivity index (χ1) is 9.66. The van der Waals surface area contributed by atoms with Gasteiger partial charge in [-0.3, -0.25) is 4.79 Å². The maximum Gasteiger partial charge on any atom is 0.236 e. The molecule has 110 valence electrons. The van der Waals surface area contributed by atoms with E-state index in [1.807, 2.05) is 24.3 Å². The van der Waals surface area contributed by atoms with E-state index in [4.69, 9.17) is 16.3 Å². The zero-order valence-electron chi connectivity index (χ0n) is 11.8. The Hall–Kier alpha value is -1.10. The Morgan fingerprint density at radius 3 is 3.00 bits per heavy atom. The highest BCUT2D eigenvalue weighted by molar-refractivity contribution is 6.31. The second-order valence-corrected chi connectivity index (χ2v) is 5.51. The standard InChI is InChI=1S/C15H21ClN2O2/c1-18(11-12-5-2-3-7-14(12)16)15(19)10-17-9-13-6-4-8-20-13/h2-3,5,7,13,17H,4,6,8-11H2,1H3. The summed E-state index contributed by atoms with van der Waals surface area (Å²) in [7, 11) is 1.79. The highest BCUT2D eigenvalue weighted by Crippen LogP contribution is 2.16. The van der Waals surface area contributed by atoms with Gasteiger partial charge in [-0.2, -0.15) is 0 Å². The molecule has 5 heteroatoms. The Morgan fingerprint density at radius 1 is 1.50 bits per heavy atom. The minimum atomic E-state index is 0.0583. The highest BCUT2D eigenvalue weighted by Gasteiger charge is 2.16. The van der Waals surface area contributed by atoms with Gasteiger partial charge in [0.05, 0.1) is 12.6 Å². The van der Waals surface area contributed by atoms with Crippen LogP contribution in [0.2, 0.25) is 5.02 Å². The molecule has 4 nitrogen and oxygen atoms in total. The van der Waals surface area contributed by atoms with Gasteiger partial charge in [0.1, 0.15) is 0 Å². The topological polar surface area (TPSA) is 41.6 Å². The zero-order chi connectivity index (χ0) is 14.4. The van der Waals surface area contributed by atoms with Gasteiger partial charge >= 0.3 is 0 Å². The van der Waals surface area contributed by atoms with Gasteiger partial charge in [-0.1, -0.05) is 29.8 Å². The van der Waals surface area contributed by atoms with Crippen LogP contribution in [0.25, 0.3) is 0 Å². The molecule has 0 spiro atoms. The minimum absolute atomic E-state index is 0.0583. The van der Waals surface area contributed by atoms with Gasteiger partial charge in [0, 0.05) is 31.8 Å². The average Bonchev–Trinajstić information content (AvgIpc) is 2.94. The van der Waals surface area contributed by atoms with Crippen LogP contribution in [0, 0.1) is 0 Å². The number of carbonyl (C=O) groups is 1. The van der Waals surface area contributed by atoms with Crippen molar-refractivity contribution in [2.75, 3.05) is 26.7 Å². The summed E-state index contributed by atoms with van der Waals surface area (Å²) in [4.78, 5) is 13.7. The summed E-state index contributed by atoms with van der Waals surface area (Å²) in [5, 5.41) is 3.85. The van der Waals surface area contributed by atoms with Gasteiger partial charge in [0.25, 0.3) is 0 Å². The number of carbonyl (C=O) groups excluding carboxylic acids is 1. The fourth-order valence-corrected chi connectivity index (χ4v) is 2.45. The number of rotatable bonds is 6. The van der Waals surface area contributed by atoms with E-state index in [0.717, 1.165) is 31.6 Å². The Bertz CT molecular complexity index is 447. The number of likely N-dealkylation sites (N-methyl/N-ethyl adjacent to an activating group) is 1. The molecule has 1 fully saturated rings. The fourth-order valence-electron chi connectivity index (χ4n) is 2.25. The van der Waals surface area contributed by atoms with Crippen LogP contribution < -0.4 is 5.32 Å². The third kappa shape index (κ3) is 4.47. The summed E-state index contributed by atoms with van der Waals surface area (Å²) in [6.45, 7) is 2.44. The largest absolute Gasteiger partial charge is 0.377 e. The lowest BCUT2D eigenvalue weighted by molar-refractivity contribution is -0.129. The van der Waals surface area contributed by atoms with Crippen molar-refractivity contribution in [1.82, 2.24) is 10.2 Å². The molecular weight excluding hydrogens is 276 g/mol. The third-order valence-electron chi connectivity index (χ3n) is 3.46. The van der Waals surface area contributed by atoms with Crippen LogP contribution in [0.5, 0.6) is 0 Å². The van der Waals surface area contributed by atoms with Gasteiger partial charge in [-0.25, -0.2) is 0 Å². The van der Waals surface area contributed by atoms with E-state index in [2.05, 4.69) is 5.32 Å². The lowest BCUT2D eigenvalue weighted by Gasteiger charge is -2.19. The first-order valence-electron chi connectivity index (χ1n) is 6.96. The number of benzene rings is 1. The summed E-state index contributed by atoms with van der Waals surface area (Å²) in [5.74, 6) is 0.0583. The molecule has 1 aliphatic rings. The van der Waals surface area contributed by atoms with Crippen LogP contribution >= 0.6 is 11.6 Å². The van der Waals surface area contributed by atoms with E-state index < -0.39 is 0 Å². The maximum absolute atomic E-state index is 12.0. The first-order valence-corrected chi connectivity index (χ1v) is 7.34. The van der Waals surface area contributed by atoms with Gasteiger partial charge in [-0.05, 0) is 24.5 Å². The Labute approximate surface area is 125 Å². The second-order valence-electron chi connectivity index (χ2n) is 5.11. The minimum Gasteiger partial charge on any atom is -0.377 e. The summed E-state index contributed by atoms with van der Waals surface area (Å²) in [5.41, 5.74) is 0.962. The quantitative estimate of drug-likeness (QED) is 0.874. The molecule has 0 aliphatic carbocycles. The number of nitrogens with one attached hydrogen (secondary N) is 1. The summed E-state index contributed by atoms with van der Waals surface area (Å²) < 4.78 is 5.50. The molecule has 1 heterocycles. The molecule has 0 bridgehead atoms. The molecule has 1 atom stereocenters. The molecule has 1 aromatic carbocycles. The van der Waals surface area contributed by atoms with Crippen molar-refractivity contribution in [1.29, 1.82) is 0 Å². The molecule has 1 N–H and O–H groups in total. The van der Waals surface area contributed by atoms with Crippen molar-refractivity contribution in [3.8, 4) is 0 Å². The van der Waals surface area contributed by atoms with Crippen molar-refractivity contribution >= 4 is 17.5 Å². The van der Waals surface area contributed by atoms with E-state index in [1.54, 1.807) is 11.9 Å². The molecule has 1 unspecified atom stereocenters. The Morgan fingerprint density at radius 2 is 2.30 bits per heavy atom. The molecule has 0 radical (unpaired) electrons. The van der Waals surface area contributed by atoms with E-state index in [-0.39, 0.29) is 12.0 Å². The van der Waals surface area contributed by atoms with Gasteiger partial charge < -0.3 is 15.0 Å². The number of nitrogens with zero attached hydrogens (tertiary/aromatic N) is 1. The van der Waals surface area contributed by atoms with E-state index >= 15 is 0 Å². The van der Waals surface area contributed by atoms with E-state index in [1.165, 1.54) is 0 Å². The molecule has 1 saturated heterocycles. The fraction of sp³-hybridized carbons (Fsp3) is 0.533. The highest BCUT2D eigenvalue weighted by atomic mass is 35.5. The van der Waals surface area contributed by atoms with Gasteiger partial charge in [0.2, 0.25) is 5.91 Å². The van der Waals surface area contributed by atoms with Crippen molar-refractivity contribution < 1.29 is 9.53 Å². The van der Waals surface area contributed by atoms with Crippen LogP contribution in [-0.4, -0.2) is 43.7 Å². The van der Waals surface area contributed by atoms with Crippen LogP contribution in [0.4, 0.5) is 0 Å². The maximum atomic E-state index is 12.0. The summed E-state index contributed by atoms with van der Waals surface area (Å²) in [6.07, 6.45) is 2.46. The number of hydrogen-bond acceptors (Lipinski definition) is 3. The van der Waals surface area contributed by atoms with Crippen molar-refractivity contribution in [3.05, 3.63) is 34.9 Å². The molecule has 0 aromatic heterocycles. The lowest BCUT2D eigenvalue weighted by Crippen LogP contribution is -2.38. The van der Waals surface area contributed by atoms with Crippen LogP contribution in [0.15, 0.2) is 24.3 Å². The average molecular weight is 297 g/mol. The van der Waals surface area contributed by atoms with Crippen molar-refractivity contribution in [2.24, 2.45) is 0 Å². The van der Waals surface area contributed by atoms with Crippen LogP contribution in [0.3, 0.4) is 0 Å². The summed E-state index contributed by atoms with van der Waals surface area (Å²) in [6, 6.07) is 7.59. The lowest BCUT2D eigenvalue weighted by atomic mass is 10.2. The van der Waals surface area contributed by atoms with Crippen molar-refractivity contribution in [3.63, 3.8) is 0 Å². The van der Waals surface area contributed by atoms with Crippen molar-refractivity contribution in [2.45, 2.75) is 25.5 Å². The molecule has 1 aliphatic heterocycles. The zero-order valence-corrected chi connectivity index (χ0v) is 12.5. The predicted octanol–water partition coefficient (Wildman–Crippen LogP) is 2.07. The SMILES string of the molecule is CN(Cc1ccccc1Cl)C(=O)CNCC1CCCO1. The van der Waals surface area contributed by atoms with Crippen LogP contribution in [-0.2, 0) is 16.1 Å². The number of halogens is 1. The molecule has 20 heavy (non-hydrogen) atoms. The molecule has 1 aromatic rings. The first kappa shape index (κ1) is 15.3. The third-order valence-corrected chi connectivity index (χ3v) is 3.83. The predicted molar refractivity (Wildman–Crippen MR) is 79.8 cm³/mol. The molecular formula is C15H21ClN2O2. The van der Waals surface area contributed by atoms with E-state index in [0.29, 0.717) is 18.1 Å². The van der Waals surface area contributed by atoms with E-state index in [9.17, 15) is 4.79 Å². The Balaban J connectivity index is 1.73. The normalized spacial score (nSPS) is 18.2. The molecule has 0 saturated carbocycles. The van der Waals surface area contributed by atoms with Gasteiger partial charge in [-0.15, -0.1) is 0 Å². The summed E-state index contributed by atoms with van der Waals surface area (Å²) >= 11 is 6.09. The van der Waals surface area contributed by atoms with Crippen LogP contribution in [0.1, 0.15) is 18.4 Å².